The Bertz CT molecular complexity index is 7310. The highest BCUT2D eigenvalue weighted by molar-refractivity contribution is 6.30. The van der Waals surface area contributed by atoms with Crippen molar-refractivity contribution in [3.05, 3.63) is 239 Å². The summed E-state index contributed by atoms with van der Waals surface area (Å²) in [6.07, 6.45) is 13.6. The molecule has 4 saturated heterocycles. The van der Waals surface area contributed by atoms with Crippen LogP contribution >= 0.6 is 11.6 Å². The number of halogens is 4. The maximum absolute atomic E-state index is 13.8. The van der Waals surface area contributed by atoms with Crippen molar-refractivity contribution < 1.29 is 71.3 Å². The van der Waals surface area contributed by atoms with Crippen molar-refractivity contribution in [1.29, 1.82) is 0 Å². The van der Waals surface area contributed by atoms with Crippen LogP contribution in [-0.4, -0.2) is 260 Å². The number of pyridine rings is 1. The first kappa shape index (κ1) is 100. The molecule has 1 saturated carbocycles. The second-order valence-electron chi connectivity index (χ2n) is 41.3. The van der Waals surface area contributed by atoms with Crippen LogP contribution in [0.4, 0.5) is 13.2 Å². The van der Waals surface area contributed by atoms with Gasteiger partial charge in [0.1, 0.15) is 51.3 Å². The van der Waals surface area contributed by atoms with Crippen molar-refractivity contribution in [3.8, 4) is 67.3 Å². The number of aromatic amines is 1. The van der Waals surface area contributed by atoms with E-state index < -0.39 is 45.4 Å². The van der Waals surface area contributed by atoms with Crippen LogP contribution in [0.5, 0.6) is 0 Å². The Morgan fingerprint density at radius 2 is 0.790 bits per heavy atom. The molecule has 0 spiro atoms. The summed E-state index contributed by atoms with van der Waals surface area (Å²) < 4.78 is 46.7. The minimum Gasteiger partial charge on any atom is -0.481 e. The van der Waals surface area contributed by atoms with Crippen LogP contribution in [0.1, 0.15) is 183 Å². The lowest BCUT2D eigenvalue weighted by atomic mass is 9.74. The van der Waals surface area contributed by atoms with E-state index in [0.717, 1.165) is 50.2 Å². The largest absolute Gasteiger partial charge is 0.481 e. The number of carboxylic acid groups (broad SMARTS) is 2. The molecule has 0 unspecified atom stereocenters. The molecule has 4 aromatic carbocycles. The number of carbonyl (C=O) groups excluding carboxylic acids is 8. The van der Waals surface area contributed by atoms with E-state index in [2.05, 4.69) is 92.6 Å². The second kappa shape index (κ2) is 38.8. The summed E-state index contributed by atoms with van der Waals surface area (Å²) in [5.74, 6) is -5.42. The monoisotopic (exact) mass is 1970 g/mol. The molecule has 0 atom stereocenters. The Balaban J connectivity index is 0.000000137. The summed E-state index contributed by atoms with van der Waals surface area (Å²) in [4.78, 5) is 160. The molecule has 5 N–H and O–H groups in total. The number of benzene rings is 4. The van der Waals surface area contributed by atoms with E-state index >= 15 is 0 Å². The van der Waals surface area contributed by atoms with E-state index in [1.54, 1.807) is 161 Å². The van der Waals surface area contributed by atoms with Crippen LogP contribution in [0.3, 0.4) is 0 Å². The van der Waals surface area contributed by atoms with Crippen LogP contribution in [-0.2, 0) is 39.6 Å². The van der Waals surface area contributed by atoms with Crippen molar-refractivity contribution >= 4 is 93.4 Å². The Kier molecular flexibility index (Phi) is 27.3. The zero-order valence-corrected chi connectivity index (χ0v) is 82.9. The first-order chi connectivity index (χ1) is 67.4. The third-order valence-electron chi connectivity index (χ3n) is 26.6. The van der Waals surface area contributed by atoms with Crippen molar-refractivity contribution in [2.24, 2.45) is 17.3 Å². The number of aliphatic carboxylic acids is 2. The molecule has 35 nitrogen and oxygen atoms in total. The minimum absolute atomic E-state index is 0.0193. The molecule has 1 aliphatic carbocycles. The van der Waals surface area contributed by atoms with E-state index in [4.69, 9.17) is 31.8 Å². The lowest BCUT2D eigenvalue weighted by Crippen LogP contribution is -2.63. The van der Waals surface area contributed by atoms with E-state index in [9.17, 15) is 66.2 Å². The number of piperazine rings is 4. The fourth-order valence-corrected chi connectivity index (χ4v) is 18.6. The highest BCUT2D eigenvalue weighted by Gasteiger charge is 2.49. The average molecular weight is 1970 g/mol. The maximum Gasteiger partial charge on any atom is 0.306 e. The van der Waals surface area contributed by atoms with Crippen molar-refractivity contribution in [2.45, 2.75) is 163 Å². The lowest BCUT2D eigenvalue weighted by molar-refractivity contribution is -0.153. The third kappa shape index (κ3) is 20.9. The number of imidazole rings is 4. The second-order valence-corrected chi connectivity index (χ2v) is 41.8. The molecule has 14 heterocycles. The SMILES string of the molecule is CC(C)(C)c1cc(-c2ccc(Cl)cc2)nn2cc(C(=O)N3CCN(C(=O)C4CC(C(=O)O)C4)CC3(C)C)nc12.CC(C)(CC(=O)O)C(=O)N1CCN(C(=O)c2cn3nc(-c4ccc(F)cc4)cc(C(C)(C)C)c3n2)C(C)(C)C1.CC1(C)C(=O)NCCN1C(=O)c1cn2nc(-c3ccc(F)cc3)cc(-c3ccncc3)c2n1.CC1(C)C(=O)NCCN1C(=O)c1cn2nc(-c3ccc(F)cc3)cc(-c3cn[nH]c3)c2n1. The van der Waals surface area contributed by atoms with Gasteiger partial charge < -0.3 is 50.2 Å². The molecule has 4 aliphatic heterocycles. The number of hydrogen-bond acceptors (Lipinski definition) is 20. The quantitative estimate of drug-likeness (QED) is 0.0636. The minimum atomic E-state index is -1.05. The molecular weight excluding hydrogens is 1860 g/mol. The molecule has 5 aliphatic rings. The van der Waals surface area contributed by atoms with E-state index in [1.165, 1.54) is 50.7 Å². The van der Waals surface area contributed by atoms with Crippen molar-refractivity contribution in [2.75, 3.05) is 65.4 Å². The predicted molar refractivity (Wildman–Crippen MR) is 526 cm³/mol. The van der Waals surface area contributed by atoms with Crippen LogP contribution in [0.15, 0.2) is 183 Å². The van der Waals surface area contributed by atoms with E-state index in [1.807, 2.05) is 88.4 Å². The highest BCUT2D eigenvalue weighted by Crippen LogP contribution is 2.41. The first-order valence-corrected chi connectivity index (χ1v) is 47.2. The summed E-state index contributed by atoms with van der Waals surface area (Å²) in [6, 6.07) is 37.0. The van der Waals surface area contributed by atoms with Gasteiger partial charge in [-0.25, -0.2) is 51.2 Å². The number of fused-ring (bicyclic) bond motifs is 4. The molecular formula is C104H111ClF3N23O12. The summed E-state index contributed by atoms with van der Waals surface area (Å²) in [7, 11) is 0. The Morgan fingerprint density at radius 3 is 1.16 bits per heavy atom. The maximum atomic E-state index is 13.8. The predicted octanol–water partition coefficient (Wildman–Crippen LogP) is 14.1. The number of amides is 8. The number of aromatic nitrogens is 15. The Hall–Kier alpha value is -15.5. The number of H-pyrrole nitrogens is 1. The molecule has 10 aromatic heterocycles. The van der Waals surface area contributed by atoms with Crippen molar-refractivity contribution in [1.82, 2.24) is 114 Å². The van der Waals surface area contributed by atoms with Gasteiger partial charge in [0.2, 0.25) is 23.6 Å². The number of nitrogens with zero attached hydrogens (tertiary/aromatic N) is 20. The first-order valence-electron chi connectivity index (χ1n) is 46.9. The van der Waals surface area contributed by atoms with Crippen LogP contribution in [0.25, 0.3) is 89.9 Å². The molecule has 39 heteroatoms. The van der Waals surface area contributed by atoms with Gasteiger partial charge in [0.15, 0.2) is 22.6 Å². The van der Waals surface area contributed by atoms with Gasteiger partial charge in [-0.3, -0.25) is 58.0 Å². The molecule has 0 bridgehead atoms. The fraction of sp³-hybridized carbons (Fsp3) is 0.365. The van der Waals surface area contributed by atoms with Gasteiger partial charge in [0, 0.05) is 145 Å². The Labute approximate surface area is 826 Å². The van der Waals surface area contributed by atoms with Gasteiger partial charge in [-0.15, -0.1) is 0 Å². The molecule has 14 aromatic rings. The number of hydrogen-bond donors (Lipinski definition) is 5. The Morgan fingerprint density at radius 1 is 0.434 bits per heavy atom. The number of carboxylic acids is 2. The van der Waals surface area contributed by atoms with Gasteiger partial charge in [0.25, 0.3) is 23.6 Å². The third-order valence-corrected chi connectivity index (χ3v) is 26.9. The fourth-order valence-electron chi connectivity index (χ4n) is 18.5. The average Bonchev–Trinajstić information content (AvgIpc) is 0.967. The van der Waals surface area contributed by atoms with Crippen molar-refractivity contribution in [3.63, 3.8) is 0 Å². The molecule has 19 rings (SSSR count). The van der Waals surface area contributed by atoms with Crippen LogP contribution < -0.4 is 10.6 Å². The number of carbonyl (C=O) groups is 10. The lowest BCUT2D eigenvalue weighted by Gasteiger charge is -2.48. The van der Waals surface area contributed by atoms with Gasteiger partial charge >= 0.3 is 11.9 Å². The van der Waals surface area contributed by atoms with Gasteiger partial charge in [-0.05, 0) is 206 Å². The smallest absolute Gasteiger partial charge is 0.306 e. The van der Waals surface area contributed by atoms with Gasteiger partial charge in [-0.1, -0.05) is 79.1 Å². The molecule has 143 heavy (non-hydrogen) atoms. The zero-order valence-electron chi connectivity index (χ0n) is 82.1. The molecule has 742 valence electrons. The topological polar surface area (TPSA) is 417 Å². The van der Waals surface area contributed by atoms with E-state index in [0.29, 0.717) is 127 Å². The van der Waals surface area contributed by atoms with Crippen LogP contribution in [0, 0.1) is 34.7 Å². The molecule has 5 fully saturated rings. The van der Waals surface area contributed by atoms with Gasteiger partial charge in [-0.2, -0.15) is 25.5 Å². The number of nitrogens with one attached hydrogen (secondary N) is 3. The molecule has 0 radical (unpaired) electrons. The summed E-state index contributed by atoms with van der Waals surface area (Å²) in [6.45, 7) is 33.8. The molecule has 8 amide bonds. The normalized spacial score (nSPS) is 17.2. The highest BCUT2D eigenvalue weighted by atomic mass is 35.5. The van der Waals surface area contributed by atoms with E-state index in [-0.39, 0.29) is 118 Å². The summed E-state index contributed by atoms with van der Waals surface area (Å²) in [5.41, 5.74) is 8.79. The van der Waals surface area contributed by atoms with Gasteiger partial charge in [0.05, 0.1) is 82.6 Å². The summed E-state index contributed by atoms with van der Waals surface area (Å²) in [5, 5.41) is 50.0. The van der Waals surface area contributed by atoms with Crippen LogP contribution in [0.2, 0.25) is 5.02 Å². The summed E-state index contributed by atoms with van der Waals surface area (Å²) >= 11 is 6.08. The standard InChI is InChI=1S/C29H34ClN5O4.C29H36FN5O4.C24H21FN6O2.C22H20FN7O2/c1-28(2,3)21-14-22(17-6-8-20(30)9-7-17)32-35-15-23(31-24(21)35)26(37)34-11-10-33(16-29(34,4)5)25(36)18-12-19(13-18)27(38)39;1-27(2,3)20-14-21(18-8-10-19(30)11-9-18)32-35-16-22(31-24(20)35)25(38)34-13-12-33(17-29(34,6)7)26(39)28(4,5)15-23(36)37;1-24(2)23(33)27-11-12-30(24)22(32)20-14-31-21(28-20)18(15-7-9-26-10-8-15)13-19(29-31)16-3-5-17(25)6-4-16;1-22(2)21(32)24-7-8-29(22)20(31)18-12-30-19(27-18)16(14-10-25-26-11-14)9-17(28-30)13-3-5-15(23)6-4-13/h6-9,14-15,18-19H,10-13,16H2,1-5H3,(H,38,39);8-11,14,16H,12-13,15,17H2,1-7H3,(H,36,37);3-10,13-14H,11-12H2,1-2H3,(H,27,33);3-6,9-12H,7-8H2,1-2H3,(H,24,32)(H,25,26). The zero-order chi connectivity index (χ0) is 103. The number of rotatable bonds is 15.